The molecule has 5 rings (SSSR count). The largest absolute Gasteiger partial charge is 0.463 e. The molecule has 9 nitrogen and oxygen atoms in total. The average Bonchev–Trinajstić information content (AvgIpc) is 3.44. The molecule has 1 aliphatic rings. The van der Waals surface area contributed by atoms with Crippen LogP contribution in [0.4, 0.5) is 11.5 Å². The molecule has 38 heavy (non-hydrogen) atoms. The van der Waals surface area contributed by atoms with E-state index in [2.05, 4.69) is 25.2 Å². The number of nitrogens with zero attached hydrogens (tertiary/aromatic N) is 5. The van der Waals surface area contributed by atoms with Crippen LogP contribution in [0.5, 0.6) is 0 Å². The van der Waals surface area contributed by atoms with Crippen molar-refractivity contribution < 1.29 is 9.53 Å². The molecule has 4 aromatic rings. The standard InChI is InChI=1S/C29H35N7O2/c1-5-38-26(37)17-23(33-28-27(21-9-7-6-8-10-21)34-35(4)29(28)30-3)20-11-13-22(14-12-20)36-19(2)32-24-18-31-16-15-25(24)36/h11-18,21,30,33H,5-10H2,1-4H3/b23-17+. The van der Waals surface area contributed by atoms with Gasteiger partial charge in [-0.2, -0.15) is 5.10 Å². The van der Waals surface area contributed by atoms with Gasteiger partial charge in [0.05, 0.1) is 29.7 Å². The second kappa shape index (κ2) is 11.1. The second-order valence-electron chi connectivity index (χ2n) is 9.66. The molecule has 2 N–H and O–H groups in total. The number of carbonyl (C=O) groups excluding carboxylic acids is 1. The Labute approximate surface area is 222 Å². The Bertz CT molecular complexity index is 1460. The molecule has 0 aliphatic heterocycles. The molecule has 0 saturated heterocycles. The molecule has 0 bridgehead atoms. The van der Waals surface area contributed by atoms with E-state index in [1.165, 1.54) is 25.3 Å². The summed E-state index contributed by atoms with van der Waals surface area (Å²) in [5.41, 5.74) is 6.30. The van der Waals surface area contributed by atoms with Crippen LogP contribution in [0.3, 0.4) is 0 Å². The van der Waals surface area contributed by atoms with Crippen LogP contribution < -0.4 is 10.6 Å². The summed E-state index contributed by atoms with van der Waals surface area (Å²) in [6.45, 7) is 4.10. The van der Waals surface area contributed by atoms with Gasteiger partial charge < -0.3 is 15.4 Å². The van der Waals surface area contributed by atoms with Crippen molar-refractivity contribution in [3.63, 3.8) is 0 Å². The zero-order chi connectivity index (χ0) is 26.6. The fourth-order valence-electron chi connectivity index (χ4n) is 5.41. The fourth-order valence-corrected chi connectivity index (χ4v) is 5.41. The molecule has 3 aromatic heterocycles. The minimum atomic E-state index is -0.392. The van der Waals surface area contributed by atoms with Crippen molar-refractivity contribution in [2.75, 3.05) is 24.3 Å². The number of ether oxygens (including phenoxy) is 1. The minimum Gasteiger partial charge on any atom is -0.463 e. The van der Waals surface area contributed by atoms with E-state index in [0.717, 1.165) is 58.1 Å². The first-order chi connectivity index (χ1) is 18.5. The van der Waals surface area contributed by atoms with Crippen molar-refractivity contribution in [1.29, 1.82) is 0 Å². The lowest BCUT2D eigenvalue weighted by Crippen LogP contribution is -2.11. The quantitative estimate of drug-likeness (QED) is 0.235. The minimum absolute atomic E-state index is 0.311. The lowest BCUT2D eigenvalue weighted by atomic mass is 9.86. The smallest absolute Gasteiger partial charge is 0.332 e. The number of esters is 1. The Kier molecular flexibility index (Phi) is 7.44. The van der Waals surface area contributed by atoms with Crippen molar-refractivity contribution in [3.05, 3.63) is 65.9 Å². The van der Waals surface area contributed by atoms with Crippen molar-refractivity contribution in [3.8, 4) is 5.69 Å². The molecule has 0 spiro atoms. The van der Waals surface area contributed by atoms with E-state index in [0.29, 0.717) is 18.2 Å². The molecule has 9 heteroatoms. The highest BCUT2D eigenvalue weighted by molar-refractivity contribution is 5.96. The SMILES string of the molecule is CCOC(=O)/C=C(/Nc1c(C2CCCCC2)nn(C)c1NC)c1ccc(-n2c(C)nc3cnccc32)cc1. The van der Waals surface area contributed by atoms with E-state index in [1.54, 1.807) is 12.4 Å². The van der Waals surface area contributed by atoms with E-state index in [4.69, 9.17) is 9.84 Å². The molecule has 0 unspecified atom stereocenters. The van der Waals surface area contributed by atoms with Gasteiger partial charge in [-0.3, -0.25) is 14.2 Å². The number of hydrogen-bond acceptors (Lipinski definition) is 7. The third-order valence-corrected chi connectivity index (χ3v) is 7.17. The summed E-state index contributed by atoms with van der Waals surface area (Å²) in [6.07, 6.45) is 11.0. The molecule has 1 fully saturated rings. The molecule has 0 radical (unpaired) electrons. The van der Waals surface area contributed by atoms with Gasteiger partial charge in [0.15, 0.2) is 0 Å². The first-order valence-electron chi connectivity index (χ1n) is 13.3. The summed E-state index contributed by atoms with van der Waals surface area (Å²) in [7, 11) is 3.84. The summed E-state index contributed by atoms with van der Waals surface area (Å²) in [5, 5.41) is 11.7. The van der Waals surface area contributed by atoms with Crippen molar-refractivity contribution in [2.24, 2.45) is 7.05 Å². The van der Waals surface area contributed by atoms with Gasteiger partial charge in [0, 0.05) is 38.0 Å². The van der Waals surface area contributed by atoms with Crippen LogP contribution in [0, 0.1) is 6.92 Å². The molecular weight excluding hydrogens is 478 g/mol. The van der Waals surface area contributed by atoms with Crippen LogP contribution in [-0.4, -0.2) is 43.9 Å². The van der Waals surface area contributed by atoms with Crippen LogP contribution in [0.15, 0.2) is 48.8 Å². The summed E-state index contributed by atoms with van der Waals surface area (Å²) < 4.78 is 9.25. The van der Waals surface area contributed by atoms with Crippen molar-refractivity contribution >= 4 is 34.2 Å². The van der Waals surface area contributed by atoms with Crippen LogP contribution in [0.25, 0.3) is 22.4 Å². The highest BCUT2D eigenvalue weighted by Gasteiger charge is 2.26. The highest BCUT2D eigenvalue weighted by atomic mass is 16.5. The average molecular weight is 514 g/mol. The second-order valence-corrected chi connectivity index (χ2v) is 9.66. The Morgan fingerprint density at radius 1 is 1.16 bits per heavy atom. The number of pyridine rings is 1. The summed E-state index contributed by atoms with van der Waals surface area (Å²) in [6, 6.07) is 10.1. The van der Waals surface area contributed by atoms with E-state index < -0.39 is 5.97 Å². The number of aromatic nitrogens is 5. The normalized spacial score (nSPS) is 14.6. The lowest BCUT2D eigenvalue weighted by Gasteiger charge is -2.22. The van der Waals surface area contributed by atoms with Crippen LogP contribution in [0.1, 0.15) is 62.0 Å². The number of benzene rings is 1. The molecule has 1 saturated carbocycles. The molecule has 1 aliphatic carbocycles. The van der Waals surface area contributed by atoms with E-state index in [-0.39, 0.29) is 0 Å². The Balaban J connectivity index is 1.53. The van der Waals surface area contributed by atoms with Gasteiger partial charge in [-0.15, -0.1) is 0 Å². The van der Waals surface area contributed by atoms with Crippen molar-refractivity contribution in [2.45, 2.75) is 51.9 Å². The Morgan fingerprint density at radius 2 is 1.92 bits per heavy atom. The number of imidazole rings is 1. The van der Waals surface area contributed by atoms with Gasteiger partial charge >= 0.3 is 5.97 Å². The maximum Gasteiger partial charge on any atom is 0.332 e. The maximum absolute atomic E-state index is 12.6. The van der Waals surface area contributed by atoms with Gasteiger partial charge in [-0.05, 0) is 50.5 Å². The van der Waals surface area contributed by atoms with E-state index >= 15 is 0 Å². The topological polar surface area (TPSA) is 98.9 Å². The maximum atomic E-state index is 12.6. The van der Waals surface area contributed by atoms with Gasteiger partial charge in [0.25, 0.3) is 0 Å². The van der Waals surface area contributed by atoms with E-state index in [1.807, 2.05) is 63.0 Å². The summed E-state index contributed by atoms with van der Waals surface area (Å²) in [5.74, 6) is 1.76. The lowest BCUT2D eigenvalue weighted by molar-refractivity contribution is -0.137. The number of rotatable bonds is 8. The summed E-state index contributed by atoms with van der Waals surface area (Å²) in [4.78, 5) is 21.4. The monoisotopic (exact) mass is 513 g/mol. The first-order valence-corrected chi connectivity index (χ1v) is 13.3. The zero-order valence-electron chi connectivity index (χ0n) is 22.5. The van der Waals surface area contributed by atoms with Gasteiger partial charge in [-0.25, -0.2) is 9.78 Å². The van der Waals surface area contributed by atoms with E-state index in [9.17, 15) is 4.79 Å². The number of carbonyl (C=O) groups is 1. The van der Waals surface area contributed by atoms with Crippen LogP contribution in [0.2, 0.25) is 0 Å². The van der Waals surface area contributed by atoms with Crippen molar-refractivity contribution in [1.82, 2.24) is 24.3 Å². The van der Waals surface area contributed by atoms with Crippen LogP contribution >= 0.6 is 0 Å². The molecule has 3 heterocycles. The predicted octanol–water partition coefficient (Wildman–Crippen LogP) is 5.57. The number of nitrogens with one attached hydrogen (secondary N) is 2. The number of anilines is 2. The molecule has 198 valence electrons. The predicted molar refractivity (Wildman–Crippen MR) is 150 cm³/mol. The Hall–Kier alpha value is -4.14. The van der Waals surface area contributed by atoms with Gasteiger partial charge in [-0.1, -0.05) is 31.4 Å². The summed E-state index contributed by atoms with van der Waals surface area (Å²) >= 11 is 0. The third-order valence-electron chi connectivity index (χ3n) is 7.17. The molecule has 1 aromatic carbocycles. The number of aryl methyl sites for hydroxylation is 2. The number of hydrogen-bond donors (Lipinski definition) is 2. The van der Waals surface area contributed by atoms with Gasteiger partial charge in [0.2, 0.25) is 0 Å². The first kappa shape index (κ1) is 25.5. The molecular formula is C29H35N7O2. The highest BCUT2D eigenvalue weighted by Crippen LogP contribution is 2.40. The fraction of sp³-hybridized carbons (Fsp3) is 0.379. The zero-order valence-corrected chi connectivity index (χ0v) is 22.5. The van der Waals surface area contributed by atoms with Crippen LogP contribution in [-0.2, 0) is 16.6 Å². The Morgan fingerprint density at radius 3 is 2.63 bits per heavy atom. The number of fused-ring (bicyclic) bond motifs is 1. The third kappa shape index (κ3) is 5.01. The van der Waals surface area contributed by atoms with Gasteiger partial charge in [0.1, 0.15) is 22.8 Å². The molecule has 0 amide bonds. The molecule has 0 atom stereocenters.